The van der Waals surface area contributed by atoms with Gasteiger partial charge in [-0.05, 0) is 27.7 Å². The normalized spacial score (nSPS) is 21.2. The molecule has 1 fully saturated rings. The van der Waals surface area contributed by atoms with Gasteiger partial charge in [0.25, 0.3) is 0 Å². The summed E-state index contributed by atoms with van der Waals surface area (Å²) in [5.74, 6) is -0.758. The molecule has 0 radical (unpaired) electrons. The minimum atomic E-state index is -3.63. The van der Waals surface area contributed by atoms with Crippen LogP contribution in [0.1, 0.15) is 27.7 Å². The van der Waals surface area contributed by atoms with Crippen LogP contribution >= 0.6 is 0 Å². The highest BCUT2D eigenvalue weighted by atomic mass is 32.2. The molecule has 20 heavy (non-hydrogen) atoms. The maximum atomic E-state index is 14.0. The van der Waals surface area contributed by atoms with Gasteiger partial charge < -0.3 is 9.31 Å². The van der Waals surface area contributed by atoms with Crippen LogP contribution < -0.4 is 5.46 Å². The van der Waals surface area contributed by atoms with Crippen LogP contribution in [-0.4, -0.2) is 38.0 Å². The Morgan fingerprint density at radius 1 is 1.15 bits per heavy atom. The summed E-state index contributed by atoms with van der Waals surface area (Å²) in [4.78, 5) is 3.38. The standard InChI is InChI=1S/C12H17BFNO4S/c1-11(2)12(3,4)19-13(18-11)10-8(14)6-15-7-9(10)20(5,16)17/h6-7H,1-5H3. The molecule has 0 aromatic carbocycles. The van der Waals surface area contributed by atoms with Crippen molar-refractivity contribution >= 4 is 22.4 Å². The Kier molecular flexibility index (Phi) is 3.47. The number of rotatable bonds is 2. The van der Waals surface area contributed by atoms with Crippen LogP contribution in [0, 0.1) is 5.82 Å². The largest absolute Gasteiger partial charge is 0.499 e. The maximum absolute atomic E-state index is 14.0. The number of halogens is 1. The highest BCUT2D eigenvalue weighted by molar-refractivity contribution is 7.91. The minimum absolute atomic E-state index is 0.124. The first-order valence-electron chi connectivity index (χ1n) is 6.15. The summed E-state index contributed by atoms with van der Waals surface area (Å²) < 4.78 is 49.0. The van der Waals surface area contributed by atoms with Crippen molar-refractivity contribution in [2.45, 2.75) is 43.8 Å². The first-order valence-corrected chi connectivity index (χ1v) is 8.04. The highest BCUT2D eigenvalue weighted by Crippen LogP contribution is 2.37. The number of aromatic nitrogens is 1. The Labute approximate surface area is 118 Å². The summed E-state index contributed by atoms with van der Waals surface area (Å²) in [6.45, 7) is 7.25. The molecule has 1 aromatic heterocycles. The van der Waals surface area contributed by atoms with Crippen LogP contribution in [0.4, 0.5) is 4.39 Å². The average molecular weight is 301 g/mol. The molecule has 0 aliphatic carbocycles. The number of hydrogen-bond acceptors (Lipinski definition) is 5. The van der Waals surface area contributed by atoms with Crippen molar-refractivity contribution < 1.29 is 22.1 Å². The van der Waals surface area contributed by atoms with E-state index in [0.29, 0.717) is 0 Å². The van der Waals surface area contributed by atoms with Gasteiger partial charge in [-0.1, -0.05) is 0 Å². The summed E-state index contributed by atoms with van der Waals surface area (Å²) in [5.41, 5.74) is -1.48. The van der Waals surface area contributed by atoms with E-state index in [0.717, 1.165) is 18.6 Å². The van der Waals surface area contributed by atoms with Crippen molar-refractivity contribution in [1.82, 2.24) is 4.98 Å². The smallest absolute Gasteiger partial charge is 0.399 e. The van der Waals surface area contributed by atoms with E-state index in [9.17, 15) is 12.8 Å². The van der Waals surface area contributed by atoms with Crippen LogP contribution in [-0.2, 0) is 19.1 Å². The van der Waals surface area contributed by atoms with Gasteiger partial charge in [0.15, 0.2) is 9.84 Å². The van der Waals surface area contributed by atoms with E-state index in [-0.39, 0.29) is 10.4 Å². The predicted octanol–water partition coefficient (Wildman–Crippen LogP) is 0.923. The molecule has 1 aromatic rings. The van der Waals surface area contributed by atoms with Crippen molar-refractivity contribution in [3.8, 4) is 0 Å². The summed E-state index contributed by atoms with van der Waals surface area (Å²) in [7, 11) is -4.71. The lowest BCUT2D eigenvalue weighted by molar-refractivity contribution is 0.00578. The van der Waals surface area contributed by atoms with Gasteiger partial charge in [-0.15, -0.1) is 0 Å². The van der Waals surface area contributed by atoms with Crippen LogP contribution in [0.15, 0.2) is 17.3 Å². The van der Waals surface area contributed by atoms with Crippen molar-refractivity contribution in [2.75, 3.05) is 6.26 Å². The third kappa shape index (κ3) is 2.47. The zero-order valence-electron chi connectivity index (χ0n) is 12.1. The quantitative estimate of drug-likeness (QED) is 0.760. The van der Waals surface area contributed by atoms with Crippen LogP contribution in [0.2, 0.25) is 0 Å². The molecule has 0 amide bonds. The first kappa shape index (κ1) is 15.4. The topological polar surface area (TPSA) is 65.5 Å². The summed E-state index contributed by atoms with van der Waals surface area (Å²) in [5, 5.41) is 0. The zero-order chi connectivity index (χ0) is 15.3. The second kappa shape index (κ2) is 4.51. The summed E-state index contributed by atoms with van der Waals surface area (Å²) in [6.07, 6.45) is 3.06. The second-order valence-corrected chi connectivity index (χ2v) is 7.88. The molecule has 0 bridgehead atoms. The molecule has 2 rings (SSSR count). The van der Waals surface area contributed by atoms with Crippen LogP contribution in [0.3, 0.4) is 0 Å². The van der Waals surface area contributed by atoms with E-state index in [2.05, 4.69) is 4.98 Å². The van der Waals surface area contributed by atoms with Crippen molar-refractivity contribution in [3.05, 3.63) is 18.2 Å². The van der Waals surface area contributed by atoms with Crippen LogP contribution in [0.25, 0.3) is 0 Å². The molecule has 0 saturated carbocycles. The van der Waals surface area contributed by atoms with Gasteiger partial charge in [0.05, 0.1) is 22.3 Å². The van der Waals surface area contributed by atoms with E-state index in [1.54, 1.807) is 0 Å². The van der Waals surface area contributed by atoms with Gasteiger partial charge >= 0.3 is 7.12 Å². The molecule has 0 spiro atoms. The molecular weight excluding hydrogens is 284 g/mol. The van der Waals surface area contributed by atoms with E-state index in [4.69, 9.17) is 9.31 Å². The van der Waals surface area contributed by atoms with Crippen molar-refractivity contribution in [3.63, 3.8) is 0 Å². The number of hydrogen-bond donors (Lipinski definition) is 0. The molecule has 8 heteroatoms. The number of pyridine rings is 1. The fourth-order valence-electron chi connectivity index (χ4n) is 1.91. The molecule has 0 N–H and O–H groups in total. The lowest BCUT2D eigenvalue weighted by Crippen LogP contribution is -2.41. The van der Waals surface area contributed by atoms with Crippen LogP contribution in [0.5, 0.6) is 0 Å². The highest BCUT2D eigenvalue weighted by Gasteiger charge is 2.53. The molecule has 2 heterocycles. The van der Waals surface area contributed by atoms with Gasteiger partial charge in [0.2, 0.25) is 0 Å². The lowest BCUT2D eigenvalue weighted by Gasteiger charge is -2.32. The fourth-order valence-corrected chi connectivity index (χ4v) is 2.76. The molecule has 0 unspecified atom stereocenters. The molecule has 5 nitrogen and oxygen atoms in total. The van der Waals surface area contributed by atoms with Gasteiger partial charge in [-0.2, -0.15) is 0 Å². The molecule has 1 aliphatic heterocycles. The van der Waals surface area contributed by atoms with E-state index in [1.807, 2.05) is 27.7 Å². The Bertz CT molecular complexity index is 629. The average Bonchev–Trinajstić information content (AvgIpc) is 2.46. The summed E-state index contributed by atoms with van der Waals surface area (Å²) in [6, 6.07) is 0. The van der Waals surface area contributed by atoms with Gasteiger partial charge in [0.1, 0.15) is 5.82 Å². The summed E-state index contributed by atoms with van der Waals surface area (Å²) >= 11 is 0. The predicted molar refractivity (Wildman–Crippen MR) is 73.0 cm³/mol. The minimum Gasteiger partial charge on any atom is -0.399 e. The number of nitrogens with zero attached hydrogens (tertiary/aromatic N) is 1. The zero-order valence-corrected chi connectivity index (χ0v) is 12.9. The third-order valence-corrected chi connectivity index (χ3v) is 4.92. The Morgan fingerprint density at radius 2 is 1.65 bits per heavy atom. The maximum Gasteiger partial charge on any atom is 0.499 e. The van der Waals surface area contributed by atoms with Gasteiger partial charge in [-0.3, -0.25) is 4.98 Å². The third-order valence-electron chi connectivity index (χ3n) is 3.79. The Hall–Kier alpha value is -0.985. The molecule has 1 aliphatic rings. The SMILES string of the molecule is CC1(C)OB(c2c(F)cncc2S(C)(=O)=O)OC1(C)C. The molecule has 1 saturated heterocycles. The Morgan fingerprint density at radius 3 is 2.10 bits per heavy atom. The second-order valence-electron chi connectivity index (χ2n) is 5.89. The van der Waals surface area contributed by atoms with E-state index < -0.39 is 34.0 Å². The van der Waals surface area contributed by atoms with Gasteiger partial charge in [-0.25, -0.2) is 12.8 Å². The number of sulfone groups is 1. The first-order chi connectivity index (χ1) is 8.96. The molecule has 110 valence electrons. The van der Waals surface area contributed by atoms with Crippen molar-refractivity contribution in [1.29, 1.82) is 0 Å². The van der Waals surface area contributed by atoms with Crippen molar-refractivity contribution in [2.24, 2.45) is 0 Å². The monoisotopic (exact) mass is 301 g/mol. The Balaban J connectivity index is 2.56. The molecular formula is C12H17BFNO4S. The lowest BCUT2D eigenvalue weighted by atomic mass is 9.79. The van der Waals surface area contributed by atoms with Gasteiger partial charge in [0, 0.05) is 17.9 Å². The van der Waals surface area contributed by atoms with E-state index in [1.165, 1.54) is 0 Å². The molecule has 0 atom stereocenters. The fraction of sp³-hybridized carbons (Fsp3) is 0.583. The van der Waals surface area contributed by atoms with E-state index >= 15 is 0 Å².